The second-order valence-electron chi connectivity index (χ2n) is 7.24. The van der Waals surface area contributed by atoms with E-state index in [0.717, 1.165) is 37.7 Å². The average molecular weight is 437 g/mol. The van der Waals surface area contributed by atoms with Gasteiger partial charge in [-0.25, -0.2) is 0 Å². The van der Waals surface area contributed by atoms with Crippen LogP contribution in [0.3, 0.4) is 0 Å². The van der Waals surface area contributed by atoms with Crippen molar-refractivity contribution >= 4 is 49.9 Å². The molecule has 4 nitrogen and oxygen atoms in total. The van der Waals surface area contributed by atoms with E-state index in [1.165, 1.54) is 0 Å². The topological polar surface area (TPSA) is 49.4 Å². The number of carbonyl (C=O) groups is 2. The van der Waals surface area contributed by atoms with Crippen LogP contribution in [-0.2, 0) is 9.59 Å². The van der Waals surface area contributed by atoms with E-state index in [0.29, 0.717) is 6.54 Å². The van der Waals surface area contributed by atoms with E-state index in [4.69, 9.17) is 0 Å². The van der Waals surface area contributed by atoms with E-state index in [2.05, 4.69) is 21.2 Å². The van der Waals surface area contributed by atoms with Gasteiger partial charge < -0.3 is 10.2 Å². The molecule has 1 saturated heterocycles. The highest BCUT2D eigenvalue weighted by atomic mass is 79.9. The van der Waals surface area contributed by atoms with Crippen LogP contribution < -0.4 is 10.2 Å². The summed E-state index contributed by atoms with van der Waals surface area (Å²) in [5.74, 6) is -0.490. The lowest BCUT2D eigenvalue weighted by molar-refractivity contribution is -0.122. The number of rotatable bonds is 3. The summed E-state index contributed by atoms with van der Waals surface area (Å²) in [5.41, 5.74) is 3.78. The molecule has 0 unspecified atom stereocenters. The Kier molecular flexibility index (Phi) is 4.94. The number of amides is 2. The highest BCUT2D eigenvalue weighted by molar-refractivity contribution is 9.10. The first kappa shape index (κ1) is 18.7. The molecule has 142 valence electrons. The summed E-state index contributed by atoms with van der Waals surface area (Å²) in [7, 11) is 0. The number of nitrogens with zero attached hydrogens (tertiary/aromatic N) is 1. The van der Waals surface area contributed by atoms with Crippen LogP contribution in [0.2, 0.25) is 0 Å². The number of fused-ring (bicyclic) bond motifs is 1. The average Bonchev–Trinajstić information content (AvgIpc) is 3.09. The van der Waals surface area contributed by atoms with Gasteiger partial charge in [0.05, 0.1) is 11.6 Å². The predicted octanol–water partition coefficient (Wildman–Crippen LogP) is 5.21. The number of nitrogens with one attached hydrogen (secondary N) is 1. The van der Waals surface area contributed by atoms with Gasteiger partial charge in [-0.05, 0) is 48.6 Å². The standard InChI is InChI=1S/C23H21BrN2O2/c1-14-15(2)20(11-10-19(14)24)25-23(28)17-12-22(27)26(13-17)21-9-5-7-16-6-3-4-8-18(16)21/h3-11,17H,12-13H2,1-2H3,(H,25,28)/t17-/m0/s1. The molecule has 4 rings (SSSR count). The molecule has 1 aliphatic heterocycles. The molecule has 28 heavy (non-hydrogen) atoms. The number of halogens is 1. The largest absolute Gasteiger partial charge is 0.326 e. The predicted molar refractivity (Wildman–Crippen MR) is 117 cm³/mol. The summed E-state index contributed by atoms with van der Waals surface area (Å²) < 4.78 is 1.01. The van der Waals surface area contributed by atoms with Gasteiger partial charge in [0, 0.05) is 28.5 Å². The van der Waals surface area contributed by atoms with Crippen LogP contribution in [0.5, 0.6) is 0 Å². The fraction of sp³-hybridized carbons (Fsp3) is 0.217. The summed E-state index contributed by atoms with van der Waals surface area (Å²) >= 11 is 3.51. The van der Waals surface area contributed by atoms with E-state index in [-0.39, 0.29) is 24.2 Å². The molecule has 0 saturated carbocycles. The zero-order valence-electron chi connectivity index (χ0n) is 15.8. The molecule has 1 fully saturated rings. The van der Waals surface area contributed by atoms with Crippen LogP contribution in [0.15, 0.2) is 59.1 Å². The Hall–Kier alpha value is -2.66. The van der Waals surface area contributed by atoms with E-state index < -0.39 is 0 Å². The van der Waals surface area contributed by atoms with Crippen LogP contribution in [0.1, 0.15) is 17.5 Å². The minimum Gasteiger partial charge on any atom is -0.326 e. The van der Waals surface area contributed by atoms with Crippen LogP contribution in [0.25, 0.3) is 10.8 Å². The van der Waals surface area contributed by atoms with Crippen LogP contribution in [0, 0.1) is 19.8 Å². The van der Waals surface area contributed by atoms with Gasteiger partial charge in [-0.2, -0.15) is 0 Å². The second-order valence-corrected chi connectivity index (χ2v) is 8.09. The van der Waals surface area contributed by atoms with Crippen LogP contribution >= 0.6 is 15.9 Å². The van der Waals surface area contributed by atoms with E-state index in [9.17, 15) is 9.59 Å². The van der Waals surface area contributed by atoms with Gasteiger partial charge in [0.2, 0.25) is 11.8 Å². The molecule has 0 radical (unpaired) electrons. The Morgan fingerprint density at radius 3 is 2.61 bits per heavy atom. The van der Waals surface area contributed by atoms with E-state index in [1.54, 1.807) is 4.90 Å². The van der Waals surface area contributed by atoms with Gasteiger partial charge in [-0.1, -0.05) is 52.3 Å². The summed E-state index contributed by atoms with van der Waals surface area (Å²) in [4.78, 5) is 27.3. The molecule has 0 spiro atoms. The molecule has 1 aliphatic rings. The number of benzene rings is 3. The van der Waals surface area contributed by atoms with Gasteiger partial charge in [0.15, 0.2) is 0 Å². The van der Waals surface area contributed by atoms with Gasteiger partial charge in [0.1, 0.15) is 0 Å². The molecule has 5 heteroatoms. The number of hydrogen-bond acceptors (Lipinski definition) is 2. The molecule has 1 atom stereocenters. The Balaban J connectivity index is 1.56. The molecule has 0 aliphatic carbocycles. The summed E-state index contributed by atoms with van der Waals surface area (Å²) in [6.45, 7) is 4.39. The van der Waals surface area contributed by atoms with Gasteiger partial charge in [-0.15, -0.1) is 0 Å². The van der Waals surface area contributed by atoms with Crippen molar-refractivity contribution in [3.8, 4) is 0 Å². The second kappa shape index (κ2) is 7.40. The third-order valence-corrected chi connectivity index (χ3v) is 6.39. The maximum absolute atomic E-state index is 12.8. The van der Waals surface area contributed by atoms with Gasteiger partial charge >= 0.3 is 0 Å². The fourth-order valence-corrected chi connectivity index (χ4v) is 4.15. The zero-order chi connectivity index (χ0) is 19.8. The zero-order valence-corrected chi connectivity index (χ0v) is 17.4. The van der Waals surface area contributed by atoms with Crippen molar-refractivity contribution < 1.29 is 9.59 Å². The molecule has 2 amide bonds. The highest BCUT2D eigenvalue weighted by Crippen LogP contribution is 2.32. The molecule has 0 bridgehead atoms. The monoisotopic (exact) mass is 436 g/mol. The summed E-state index contributed by atoms with van der Waals surface area (Å²) in [6, 6.07) is 17.7. The minimum atomic E-state index is -0.366. The Morgan fingerprint density at radius 2 is 1.79 bits per heavy atom. The van der Waals surface area contributed by atoms with Crippen molar-refractivity contribution in [2.24, 2.45) is 5.92 Å². The number of carbonyl (C=O) groups excluding carboxylic acids is 2. The minimum absolute atomic E-state index is 0.0137. The SMILES string of the molecule is Cc1c(Br)ccc(NC(=O)[C@H]2CC(=O)N(c3cccc4ccccc34)C2)c1C. The molecule has 1 N–H and O–H groups in total. The maximum Gasteiger partial charge on any atom is 0.229 e. The lowest BCUT2D eigenvalue weighted by Gasteiger charge is -2.19. The third-order valence-electron chi connectivity index (χ3n) is 5.53. The first-order chi connectivity index (χ1) is 13.5. The first-order valence-corrected chi connectivity index (χ1v) is 10.1. The Bertz CT molecular complexity index is 1090. The lowest BCUT2D eigenvalue weighted by Crippen LogP contribution is -2.28. The normalized spacial score (nSPS) is 16.6. The first-order valence-electron chi connectivity index (χ1n) is 9.30. The molecule has 1 heterocycles. The van der Waals surface area contributed by atoms with Crippen molar-refractivity contribution in [1.82, 2.24) is 0 Å². The third kappa shape index (κ3) is 3.31. The van der Waals surface area contributed by atoms with Crippen molar-refractivity contribution in [3.05, 3.63) is 70.2 Å². The lowest BCUT2D eigenvalue weighted by atomic mass is 10.1. The van der Waals surface area contributed by atoms with Gasteiger partial charge in [-0.3, -0.25) is 9.59 Å². The molecular formula is C23H21BrN2O2. The number of hydrogen-bond donors (Lipinski definition) is 1. The molecular weight excluding hydrogens is 416 g/mol. The Labute approximate surface area is 172 Å². The van der Waals surface area contributed by atoms with Crippen LogP contribution in [-0.4, -0.2) is 18.4 Å². The summed E-state index contributed by atoms with van der Waals surface area (Å²) in [5, 5.41) is 5.12. The van der Waals surface area contributed by atoms with Crippen molar-refractivity contribution in [1.29, 1.82) is 0 Å². The van der Waals surface area contributed by atoms with Crippen molar-refractivity contribution in [2.45, 2.75) is 20.3 Å². The van der Waals surface area contributed by atoms with E-state index >= 15 is 0 Å². The quantitative estimate of drug-likeness (QED) is 0.612. The van der Waals surface area contributed by atoms with Crippen molar-refractivity contribution in [2.75, 3.05) is 16.8 Å². The summed E-state index contributed by atoms with van der Waals surface area (Å²) in [6.07, 6.45) is 0.226. The fourth-order valence-electron chi connectivity index (χ4n) is 3.72. The molecule has 3 aromatic rings. The molecule has 0 aromatic heterocycles. The maximum atomic E-state index is 12.8. The van der Waals surface area contributed by atoms with Crippen LogP contribution in [0.4, 0.5) is 11.4 Å². The highest BCUT2D eigenvalue weighted by Gasteiger charge is 2.35. The van der Waals surface area contributed by atoms with Crippen molar-refractivity contribution in [3.63, 3.8) is 0 Å². The number of anilines is 2. The molecule has 3 aromatic carbocycles. The smallest absolute Gasteiger partial charge is 0.229 e. The van der Waals surface area contributed by atoms with E-state index in [1.807, 2.05) is 68.4 Å². The van der Waals surface area contributed by atoms with Gasteiger partial charge in [0.25, 0.3) is 0 Å². The Morgan fingerprint density at radius 1 is 1.04 bits per heavy atom.